The van der Waals surface area contributed by atoms with E-state index in [1.165, 1.54) is 0 Å². The van der Waals surface area contributed by atoms with E-state index < -0.39 is 0 Å². The number of hydrogen-bond acceptors (Lipinski definition) is 3. The van der Waals surface area contributed by atoms with Crippen molar-refractivity contribution in [1.82, 2.24) is 19.6 Å². The van der Waals surface area contributed by atoms with Crippen molar-refractivity contribution in [3.05, 3.63) is 0 Å². The van der Waals surface area contributed by atoms with Crippen molar-refractivity contribution >= 4 is 17.8 Å². The molecule has 0 N–H and O–H groups in total. The van der Waals surface area contributed by atoms with Crippen LogP contribution in [0.25, 0.3) is 0 Å². The van der Waals surface area contributed by atoms with Crippen LogP contribution in [-0.4, -0.2) is 89.3 Å². The standard InChI is InChI=1S/C17H28N4O3/c1-3-18(4-2)17(24)20-9-7-19(8-10-20)16(23)13-11-15(22)21(12-13)14-5-6-14/h13-14H,3-12H2,1-2H3. The molecule has 1 aliphatic carbocycles. The number of carbonyl (C=O) groups excluding carboxylic acids is 3. The molecule has 2 saturated heterocycles. The zero-order valence-electron chi connectivity index (χ0n) is 14.7. The van der Waals surface area contributed by atoms with Crippen LogP contribution in [0.3, 0.4) is 0 Å². The second-order valence-electron chi connectivity index (χ2n) is 6.95. The van der Waals surface area contributed by atoms with Gasteiger partial charge in [-0.1, -0.05) is 0 Å². The maximum atomic E-state index is 12.7. The normalized spacial score (nSPS) is 24.5. The lowest BCUT2D eigenvalue weighted by Gasteiger charge is -2.38. The number of urea groups is 1. The van der Waals surface area contributed by atoms with Crippen molar-refractivity contribution in [1.29, 1.82) is 0 Å². The van der Waals surface area contributed by atoms with Gasteiger partial charge in [-0.2, -0.15) is 0 Å². The first-order valence-corrected chi connectivity index (χ1v) is 9.17. The molecule has 1 saturated carbocycles. The average molecular weight is 336 g/mol. The molecule has 1 atom stereocenters. The summed E-state index contributed by atoms with van der Waals surface area (Å²) in [6.07, 6.45) is 2.52. The molecule has 7 nitrogen and oxygen atoms in total. The van der Waals surface area contributed by atoms with Crippen LogP contribution in [0.2, 0.25) is 0 Å². The average Bonchev–Trinajstić information content (AvgIpc) is 3.37. The SMILES string of the molecule is CCN(CC)C(=O)N1CCN(C(=O)C2CC(=O)N(C3CC3)C2)CC1. The summed E-state index contributed by atoms with van der Waals surface area (Å²) in [4.78, 5) is 44.4. The minimum Gasteiger partial charge on any atom is -0.339 e. The van der Waals surface area contributed by atoms with Crippen LogP contribution < -0.4 is 0 Å². The van der Waals surface area contributed by atoms with E-state index in [1.807, 2.05) is 28.5 Å². The van der Waals surface area contributed by atoms with Crippen molar-refractivity contribution in [2.24, 2.45) is 5.92 Å². The summed E-state index contributed by atoms with van der Waals surface area (Å²) in [6, 6.07) is 0.446. The maximum Gasteiger partial charge on any atom is 0.320 e. The Balaban J connectivity index is 1.50. The van der Waals surface area contributed by atoms with Gasteiger partial charge in [0.15, 0.2) is 0 Å². The molecular formula is C17H28N4O3. The number of hydrogen-bond donors (Lipinski definition) is 0. The summed E-state index contributed by atoms with van der Waals surface area (Å²) in [7, 11) is 0. The van der Waals surface area contributed by atoms with Gasteiger partial charge in [0, 0.05) is 58.3 Å². The third-order valence-corrected chi connectivity index (χ3v) is 5.39. The summed E-state index contributed by atoms with van der Waals surface area (Å²) in [6.45, 7) is 8.24. The molecule has 0 aromatic heterocycles. The van der Waals surface area contributed by atoms with Crippen LogP contribution in [0.4, 0.5) is 4.79 Å². The second-order valence-corrected chi connectivity index (χ2v) is 6.95. The highest BCUT2D eigenvalue weighted by Crippen LogP contribution is 2.33. The molecule has 4 amide bonds. The fourth-order valence-corrected chi connectivity index (χ4v) is 3.71. The van der Waals surface area contributed by atoms with Crippen LogP contribution in [0, 0.1) is 5.92 Å². The first-order chi connectivity index (χ1) is 11.5. The molecular weight excluding hydrogens is 308 g/mol. The molecule has 0 aromatic carbocycles. The molecule has 0 bridgehead atoms. The predicted octanol–water partition coefficient (Wildman–Crippen LogP) is 0.603. The molecule has 3 aliphatic rings. The van der Waals surface area contributed by atoms with Gasteiger partial charge in [0.05, 0.1) is 5.92 Å². The largest absolute Gasteiger partial charge is 0.339 e. The summed E-state index contributed by atoms with van der Waals surface area (Å²) in [5.74, 6) is 0.0239. The molecule has 134 valence electrons. The van der Waals surface area contributed by atoms with E-state index in [0.717, 1.165) is 12.8 Å². The summed E-state index contributed by atoms with van der Waals surface area (Å²) >= 11 is 0. The molecule has 0 radical (unpaired) electrons. The summed E-state index contributed by atoms with van der Waals surface area (Å²) < 4.78 is 0. The number of likely N-dealkylation sites (tertiary alicyclic amines) is 1. The Hall–Kier alpha value is -1.79. The molecule has 2 aliphatic heterocycles. The minimum absolute atomic E-state index is 0.0584. The fraction of sp³-hybridized carbons (Fsp3) is 0.824. The van der Waals surface area contributed by atoms with Gasteiger partial charge in [-0.3, -0.25) is 9.59 Å². The van der Waals surface area contributed by atoms with Crippen LogP contribution in [0.15, 0.2) is 0 Å². The lowest BCUT2D eigenvalue weighted by atomic mass is 10.1. The Morgan fingerprint density at radius 3 is 2.17 bits per heavy atom. The Bertz CT molecular complexity index is 508. The monoisotopic (exact) mass is 336 g/mol. The zero-order chi connectivity index (χ0) is 17.3. The highest BCUT2D eigenvalue weighted by atomic mass is 16.2. The smallest absolute Gasteiger partial charge is 0.320 e. The number of piperazine rings is 1. The van der Waals surface area contributed by atoms with Gasteiger partial charge in [-0.25, -0.2) is 4.79 Å². The Morgan fingerprint density at radius 1 is 1.04 bits per heavy atom. The van der Waals surface area contributed by atoms with Crippen LogP contribution in [0.1, 0.15) is 33.1 Å². The molecule has 7 heteroatoms. The van der Waals surface area contributed by atoms with Crippen molar-refractivity contribution in [2.75, 3.05) is 45.8 Å². The van der Waals surface area contributed by atoms with Crippen molar-refractivity contribution in [2.45, 2.75) is 39.2 Å². The van der Waals surface area contributed by atoms with E-state index in [0.29, 0.717) is 58.3 Å². The van der Waals surface area contributed by atoms with Gasteiger partial charge in [-0.05, 0) is 26.7 Å². The Morgan fingerprint density at radius 2 is 1.62 bits per heavy atom. The topological polar surface area (TPSA) is 64.2 Å². The maximum absolute atomic E-state index is 12.7. The van der Waals surface area contributed by atoms with E-state index in [4.69, 9.17) is 0 Å². The molecule has 3 rings (SSSR count). The van der Waals surface area contributed by atoms with Gasteiger partial charge in [0.1, 0.15) is 0 Å². The predicted molar refractivity (Wildman–Crippen MR) is 89.3 cm³/mol. The first kappa shape index (κ1) is 17.0. The lowest BCUT2D eigenvalue weighted by molar-refractivity contribution is -0.137. The highest BCUT2D eigenvalue weighted by Gasteiger charge is 2.43. The molecule has 2 heterocycles. The van der Waals surface area contributed by atoms with Crippen molar-refractivity contribution < 1.29 is 14.4 Å². The minimum atomic E-state index is -0.192. The Kier molecular flexibility index (Phi) is 4.96. The fourth-order valence-electron chi connectivity index (χ4n) is 3.71. The third kappa shape index (κ3) is 3.35. The van der Waals surface area contributed by atoms with Gasteiger partial charge >= 0.3 is 6.03 Å². The summed E-state index contributed by atoms with van der Waals surface area (Å²) in [5, 5.41) is 0. The summed E-state index contributed by atoms with van der Waals surface area (Å²) in [5.41, 5.74) is 0. The van der Waals surface area contributed by atoms with Crippen LogP contribution >= 0.6 is 0 Å². The highest BCUT2D eigenvalue weighted by molar-refractivity contribution is 5.89. The van der Waals surface area contributed by atoms with E-state index in [9.17, 15) is 14.4 Å². The molecule has 24 heavy (non-hydrogen) atoms. The third-order valence-electron chi connectivity index (χ3n) is 5.39. The molecule has 0 aromatic rings. The van der Waals surface area contributed by atoms with Crippen molar-refractivity contribution in [3.63, 3.8) is 0 Å². The number of nitrogens with zero attached hydrogens (tertiary/aromatic N) is 4. The van der Waals surface area contributed by atoms with Gasteiger partial charge in [0.2, 0.25) is 11.8 Å². The number of rotatable bonds is 4. The van der Waals surface area contributed by atoms with Crippen LogP contribution in [0.5, 0.6) is 0 Å². The molecule has 3 fully saturated rings. The first-order valence-electron chi connectivity index (χ1n) is 9.17. The molecule has 0 spiro atoms. The second kappa shape index (κ2) is 6.99. The van der Waals surface area contributed by atoms with Crippen LogP contribution in [-0.2, 0) is 9.59 Å². The van der Waals surface area contributed by atoms with Gasteiger partial charge in [-0.15, -0.1) is 0 Å². The van der Waals surface area contributed by atoms with Gasteiger partial charge < -0.3 is 19.6 Å². The van der Waals surface area contributed by atoms with Crippen molar-refractivity contribution in [3.8, 4) is 0 Å². The molecule has 1 unspecified atom stereocenters. The van der Waals surface area contributed by atoms with E-state index in [1.54, 1.807) is 4.90 Å². The lowest BCUT2D eigenvalue weighted by Crippen LogP contribution is -2.55. The Labute approximate surface area is 143 Å². The zero-order valence-corrected chi connectivity index (χ0v) is 14.7. The quantitative estimate of drug-likeness (QED) is 0.755. The van der Waals surface area contributed by atoms with E-state index in [2.05, 4.69) is 0 Å². The van der Waals surface area contributed by atoms with Gasteiger partial charge in [0.25, 0.3) is 0 Å². The van der Waals surface area contributed by atoms with E-state index in [-0.39, 0.29) is 23.8 Å². The number of amides is 4. The van der Waals surface area contributed by atoms with E-state index >= 15 is 0 Å². The number of carbonyl (C=O) groups is 3.